The number of nitrogens with one attached hydrogen (secondary N) is 2. The lowest BCUT2D eigenvalue weighted by Gasteiger charge is -2.58. The van der Waals surface area contributed by atoms with Crippen LogP contribution in [0.4, 0.5) is 17.1 Å². The average molecular weight is 884 g/mol. The predicted molar refractivity (Wildman–Crippen MR) is 247 cm³/mol. The summed E-state index contributed by atoms with van der Waals surface area (Å²) in [6.45, 7) is 12.5. The van der Waals surface area contributed by atoms with Crippen molar-refractivity contribution in [1.29, 1.82) is 0 Å². The first-order valence-electron chi connectivity index (χ1n) is 24.0. The molecular formula is C50H61N9O6. The summed E-state index contributed by atoms with van der Waals surface area (Å²) in [4.78, 5) is 65.5. The number of aromatic nitrogens is 2. The molecule has 8 heterocycles. The van der Waals surface area contributed by atoms with Crippen LogP contribution in [0.15, 0.2) is 60.8 Å². The van der Waals surface area contributed by atoms with Crippen molar-refractivity contribution < 1.29 is 28.7 Å². The third-order valence-corrected chi connectivity index (χ3v) is 16.0. The molecule has 2 N–H and O–H groups in total. The number of aromatic amines is 1. The number of rotatable bonds is 10. The first kappa shape index (κ1) is 42.1. The van der Waals surface area contributed by atoms with Gasteiger partial charge in [-0.25, -0.2) is 0 Å². The highest BCUT2D eigenvalue weighted by atomic mass is 16.5. The van der Waals surface area contributed by atoms with Gasteiger partial charge in [0.1, 0.15) is 11.8 Å². The number of hydrogen-bond donors (Lipinski definition) is 2. The predicted octanol–water partition coefficient (Wildman–Crippen LogP) is 4.97. The normalized spacial score (nSPS) is 24.8. The number of ether oxygens (including phenoxy) is 2. The molecular weight excluding hydrogens is 823 g/mol. The fraction of sp³-hybridized carbons (Fsp3) is 0.540. The number of anilines is 3. The molecule has 4 aromatic rings. The van der Waals surface area contributed by atoms with Crippen LogP contribution >= 0.6 is 0 Å². The van der Waals surface area contributed by atoms with Crippen molar-refractivity contribution in [1.82, 2.24) is 30.2 Å². The molecule has 11 rings (SSSR count). The maximum absolute atomic E-state index is 14.2. The summed E-state index contributed by atoms with van der Waals surface area (Å²) in [7, 11) is 1.75. The van der Waals surface area contributed by atoms with E-state index < -0.39 is 11.5 Å². The first-order chi connectivity index (χ1) is 31.8. The van der Waals surface area contributed by atoms with Gasteiger partial charge in [0.2, 0.25) is 17.7 Å². The van der Waals surface area contributed by atoms with Crippen LogP contribution in [-0.2, 0) is 25.7 Å². The Morgan fingerprint density at radius 1 is 0.785 bits per heavy atom. The molecule has 0 saturated carbocycles. The number of hydrogen-bond acceptors (Lipinski definition) is 11. The van der Waals surface area contributed by atoms with Crippen LogP contribution in [-0.4, -0.2) is 140 Å². The van der Waals surface area contributed by atoms with Crippen molar-refractivity contribution >= 4 is 51.6 Å². The van der Waals surface area contributed by atoms with Gasteiger partial charge in [-0.1, -0.05) is 12.1 Å². The summed E-state index contributed by atoms with van der Waals surface area (Å²) in [6, 6.07) is 18.0. The van der Waals surface area contributed by atoms with E-state index in [0.29, 0.717) is 56.4 Å². The van der Waals surface area contributed by atoms with E-state index in [-0.39, 0.29) is 36.1 Å². The number of carbonyl (C=O) groups excluding carboxylic acids is 4. The third-order valence-electron chi connectivity index (χ3n) is 16.0. The number of methoxy groups -OCH3 is 1. The number of fused-ring (bicyclic) bond motifs is 2. The molecule has 7 aliphatic heterocycles. The molecule has 342 valence electrons. The van der Waals surface area contributed by atoms with E-state index in [1.54, 1.807) is 12.0 Å². The lowest BCUT2D eigenvalue weighted by atomic mass is 9.62. The van der Waals surface area contributed by atoms with Crippen molar-refractivity contribution in [2.24, 2.45) is 17.3 Å². The van der Waals surface area contributed by atoms with Crippen LogP contribution in [0, 0.1) is 17.3 Å². The summed E-state index contributed by atoms with van der Waals surface area (Å²) in [6.07, 6.45) is 8.51. The Morgan fingerprint density at radius 2 is 1.45 bits per heavy atom. The van der Waals surface area contributed by atoms with E-state index >= 15 is 0 Å². The van der Waals surface area contributed by atoms with Gasteiger partial charge in [-0.3, -0.25) is 29.6 Å². The molecule has 0 bridgehead atoms. The topological polar surface area (TPSA) is 147 Å². The molecule has 7 aliphatic rings. The van der Waals surface area contributed by atoms with Crippen LogP contribution in [0.5, 0.6) is 5.75 Å². The zero-order valence-electron chi connectivity index (χ0n) is 37.5. The molecule has 1 spiro atoms. The van der Waals surface area contributed by atoms with E-state index in [4.69, 9.17) is 9.47 Å². The Morgan fingerprint density at radius 3 is 2.11 bits per heavy atom. The highest BCUT2D eigenvalue weighted by Gasteiger charge is 2.62. The standard InChI is InChI=1S/C50H61N9O6/c1-64-44-28-37(6-8-39(44)46-50(15-25-65-26-16-50)49(63)59(46)42-4-2-3-41-40(42)29-51-53-41)57-19-13-34(14-20-57)31-55-23-21-54(22-24-55)30-33-11-17-56(18-12-33)36-5-7-38-35(27-36)32-58(48(38)62)43-9-10-45(60)52-47(43)61/h2-8,27-29,33-34,43,46H,9-26,30-32H2,1H3,(H,51,53)(H,52,60,61)/t43?,46-/m0/s1. The number of nitrogens with zero attached hydrogens (tertiary/aromatic N) is 7. The second-order valence-corrected chi connectivity index (χ2v) is 19.6. The molecule has 2 atom stereocenters. The van der Waals surface area contributed by atoms with Gasteiger partial charge in [0.15, 0.2) is 0 Å². The van der Waals surface area contributed by atoms with Crippen molar-refractivity contribution in [3.05, 3.63) is 77.5 Å². The molecule has 65 heavy (non-hydrogen) atoms. The number of β-lactam (4-membered cyclic amide) rings is 1. The van der Waals surface area contributed by atoms with Gasteiger partial charge in [-0.15, -0.1) is 0 Å². The monoisotopic (exact) mass is 883 g/mol. The highest BCUT2D eigenvalue weighted by molar-refractivity contribution is 6.11. The molecule has 3 aromatic carbocycles. The highest BCUT2D eigenvalue weighted by Crippen LogP contribution is 2.59. The largest absolute Gasteiger partial charge is 0.496 e. The van der Waals surface area contributed by atoms with E-state index in [9.17, 15) is 19.2 Å². The molecule has 0 aliphatic carbocycles. The zero-order chi connectivity index (χ0) is 44.2. The van der Waals surface area contributed by atoms with Gasteiger partial charge >= 0.3 is 0 Å². The maximum atomic E-state index is 14.2. The molecule has 0 radical (unpaired) electrons. The fourth-order valence-electron chi connectivity index (χ4n) is 12.2. The van der Waals surface area contributed by atoms with Gasteiger partial charge in [-0.2, -0.15) is 5.10 Å². The van der Waals surface area contributed by atoms with Gasteiger partial charge in [0, 0.05) is 126 Å². The number of piperazine rings is 1. The molecule has 6 saturated heterocycles. The summed E-state index contributed by atoms with van der Waals surface area (Å²) in [5.74, 6) is 1.61. The van der Waals surface area contributed by atoms with Gasteiger partial charge in [-0.05, 0) is 98.7 Å². The van der Waals surface area contributed by atoms with E-state index in [0.717, 1.165) is 111 Å². The Kier molecular flexibility index (Phi) is 11.3. The molecule has 15 nitrogen and oxygen atoms in total. The number of piperidine rings is 3. The van der Waals surface area contributed by atoms with Crippen molar-refractivity contribution in [3.63, 3.8) is 0 Å². The lowest BCUT2D eigenvalue weighted by molar-refractivity contribution is -0.149. The molecule has 1 unspecified atom stereocenters. The van der Waals surface area contributed by atoms with Crippen LogP contribution in [0.2, 0.25) is 0 Å². The third kappa shape index (κ3) is 7.72. The molecule has 4 amide bonds. The Hall–Kier alpha value is -5.51. The summed E-state index contributed by atoms with van der Waals surface area (Å²) < 4.78 is 11.9. The SMILES string of the molecule is COc1cc(N2CCC(CN3CCN(CC4CCN(c5ccc6c(c5)CN(C5CCC(=O)NC5=O)C6=O)CC4)CC3)CC2)ccc1[C@@H]1N(c2cccc3[nH]ncc23)C(=O)C12CCOCC2. The number of imide groups is 1. The van der Waals surface area contributed by atoms with Crippen LogP contribution in [0.3, 0.4) is 0 Å². The second kappa shape index (κ2) is 17.4. The quantitative estimate of drug-likeness (QED) is 0.165. The summed E-state index contributed by atoms with van der Waals surface area (Å²) >= 11 is 0. The number of H-pyrrole nitrogens is 1. The lowest BCUT2D eigenvalue weighted by Crippen LogP contribution is -2.65. The summed E-state index contributed by atoms with van der Waals surface area (Å²) in [5.41, 5.74) is 6.31. The van der Waals surface area contributed by atoms with E-state index in [2.05, 4.69) is 65.4 Å². The minimum Gasteiger partial charge on any atom is -0.496 e. The average Bonchev–Trinajstić information content (AvgIpc) is 3.96. The maximum Gasteiger partial charge on any atom is 0.255 e. The zero-order valence-corrected chi connectivity index (χ0v) is 37.5. The van der Waals surface area contributed by atoms with Gasteiger partial charge in [0.05, 0.1) is 36.0 Å². The Labute approximate surface area is 380 Å². The van der Waals surface area contributed by atoms with Crippen molar-refractivity contribution in [2.45, 2.75) is 70.0 Å². The van der Waals surface area contributed by atoms with Crippen molar-refractivity contribution in [2.75, 3.05) is 100 Å². The first-order valence-corrected chi connectivity index (χ1v) is 24.0. The summed E-state index contributed by atoms with van der Waals surface area (Å²) in [5, 5.41) is 10.7. The van der Waals surface area contributed by atoms with E-state index in [1.807, 2.05) is 35.4 Å². The smallest absolute Gasteiger partial charge is 0.255 e. The van der Waals surface area contributed by atoms with Crippen LogP contribution in [0.25, 0.3) is 10.9 Å². The van der Waals surface area contributed by atoms with Gasteiger partial charge < -0.3 is 38.9 Å². The fourth-order valence-corrected chi connectivity index (χ4v) is 12.2. The van der Waals surface area contributed by atoms with Crippen LogP contribution in [0.1, 0.15) is 78.9 Å². The Bertz CT molecular complexity index is 2460. The van der Waals surface area contributed by atoms with E-state index in [1.165, 1.54) is 25.1 Å². The Balaban J connectivity index is 0.646. The molecule has 15 heteroatoms. The minimum absolute atomic E-state index is 0.118. The van der Waals surface area contributed by atoms with Crippen LogP contribution < -0.4 is 24.8 Å². The molecule has 6 fully saturated rings. The van der Waals surface area contributed by atoms with Crippen molar-refractivity contribution in [3.8, 4) is 5.75 Å². The number of carbonyl (C=O) groups is 4. The molecule has 1 aromatic heterocycles. The number of benzene rings is 3. The minimum atomic E-state index is -0.586. The number of amides is 4. The second-order valence-electron chi connectivity index (χ2n) is 19.6. The van der Waals surface area contributed by atoms with Gasteiger partial charge in [0.25, 0.3) is 5.91 Å².